The number of carbonyl (C=O) groups is 1. The van der Waals surface area contributed by atoms with Gasteiger partial charge in [0.25, 0.3) is 0 Å². The summed E-state index contributed by atoms with van der Waals surface area (Å²) in [5, 5.41) is 10.1. The number of aliphatic carboxylic acids is 1. The van der Waals surface area contributed by atoms with Crippen molar-refractivity contribution in [3.63, 3.8) is 0 Å². The number of carbonyl (C=O) groups excluding carboxylic acids is 1. The highest BCUT2D eigenvalue weighted by Gasteiger charge is 2.12. The first-order valence-electron chi connectivity index (χ1n) is 2.93. The second kappa shape index (κ2) is 3.23. The quantitative estimate of drug-likeness (QED) is 0.352. The number of carboxylic acids is 1. The maximum absolute atomic E-state index is 10.1. The van der Waals surface area contributed by atoms with Gasteiger partial charge in [-0.05, 0) is 5.92 Å². The highest BCUT2D eigenvalue weighted by Crippen LogP contribution is 1.92. The second-order valence-electron chi connectivity index (χ2n) is 2.83. The molecule has 0 fully saturated rings. The van der Waals surface area contributed by atoms with Crippen molar-refractivity contribution in [3.8, 4) is 12.3 Å². The molecule has 0 aromatic heterocycles. The van der Waals surface area contributed by atoms with Crippen molar-refractivity contribution < 1.29 is 14.4 Å². The molecule has 0 spiro atoms. The van der Waals surface area contributed by atoms with E-state index in [1.165, 1.54) is 0 Å². The molecule has 0 aromatic rings. The smallest absolute Gasteiger partial charge is 0.140 e. The van der Waals surface area contributed by atoms with E-state index in [-0.39, 0.29) is 11.0 Å². The fourth-order valence-corrected chi connectivity index (χ4v) is 0.653. The number of nitrogens with zero attached hydrogens (tertiary/aromatic N) is 1. The van der Waals surface area contributed by atoms with Crippen LogP contribution in [0.25, 0.3) is 0 Å². The van der Waals surface area contributed by atoms with Gasteiger partial charge in [-0.15, -0.1) is 6.42 Å². The Bertz CT molecular complexity index is 167. The molecule has 0 unspecified atom stereocenters. The molecule has 0 saturated carbocycles. The first-order valence-corrected chi connectivity index (χ1v) is 2.93. The lowest BCUT2D eigenvalue weighted by Crippen LogP contribution is -2.48. The first kappa shape index (κ1) is 8.99. The summed E-state index contributed by atoms with van der Waals surface area (Å²) in [7, 11) is 3.49. The number of carboxylic acid groups (broad SMARTS) is 1. The van der Waals surface area contributed by atoms with Crippen molar-refractivity contribution in [2.45, 2.75) is 0 Å². The molecule has 0 rings (SSSR count). The van der Waals surface area contributed by atoms with Crippen molar-refractivity contribution >= 4 is 5.97 Å². The van der Waals surface area contributed by atoms with Gasteiger partial charge in [-0.3, -0.25) is 0 Å². The summed E-state index contributed by atoms with van der Waals surface area (Å²) >= 11 is 0. The predicted molar refractivity (Wildman–Crippen MR) is 35.7 cm³/mol. The zero-order valence-corrected chi connectivity index (χ0v) is 6.26. The summed E-state index contributed by atoms with van der Waals surface area (Å²) in [4.78, 5) is 10.1. The minimum absolute atomic E-state index is 0.0375. The maximum Gasteiger partial charge on any atom is 0.140 e. The second-order valence-corrected chi connectivity index (χ2v) is 2.83. The highest BCUT2D eigenvalue weighted by molar-refractivity contribution is 5.65. The van der Waals surface area contributed by atoms with Gasteiger partial charge in [-0.25, -0.2) is 0 Å². The Kier molecular flexibility index (Phi) is 2.91. The number of hydrogen-bond donors (Lipinski definition) is 0. The van der Waals surface area contributed by atoms with Gasteiger partial charge < -0.3 is 14.4 Å². The van der Waals surface area contributed by atoms with Crippen LogP contribution in [0.4, 0.5) is 0 Å². The molecular weight excluding hydrogens is 130 g/mol. The summed E-state index contributed by atoms with van der Waals surface area (Å²) in [5.41, 5.74) is 0. The molecule has 0 amide bonds. The number of terminal acetylenes is 1. The topological polar surface area (TPSA) is 40.1 Å². The third-order valence-corrected chi connectivity index (χ3v) is 1.08. The summed E-state index contributed by atoms with van der Waals surface area (Å²) in [6, 6.07) is 0. The van der Waals surface area contributed by atoms with E-state index in [2.05, 4.69) is 5.92 Å². The van der Waals surface area contributed by atoms with Gasteiger partial charge in [0.05, 0.1) is 20.1 Å². The van der Waals surface area contributed by atoms with Crippen molar-refractivity contribution in [1.29, 1.82) is 0 Å². The van der Waals surface area contributed by atoms with Gasteiger partial charge in [0.2, 0.25) is 0 Å². The number of hydrogen-bond acceptors (Lipinski definition) is 2. The Morgan fingerprint density at radius 1 is 1.70 bits per heavy atom. The van der Waals surface area contributed by atoms with Crippen LogP contribution in [0, 0.1) is 12.3 Å². The zero-order chi connectivity index (χ0) is 8.20. The van der Waals surface area contributed by atoms with E-state index in [0.29, 0.717) is 6.54 Å². The third-order valence-electron chi connectivity index (χ3n) is 1.08. The van der Waals surface area contributed by atoms with Crippen molar-refractivity contribution in [3.05, 3.63) is 0 Å². The Hall–Kier alpha value is -1.01. The fraction of sp³-hybridized carbons (Fsp3) is 0.571. The minimum Gasteiger partial charge on any atom is -0.544 e. The Labute approximate surface area is 60.9 Å². The average molecular weight is 141 g/mol. The molecule has 0 aromatic carbocycles. The van der Waals surface area contributed by atoms with Crippen LogP contribution in [0.3, 0.4) is 0 Å². The van der Waals surface area contributed by atoms with Crippen LogP contribution in [0.1, 0.15) is 0 Å². The van der Waals surface area contributed by atoms with Gasteiger partial charge in [-0.2, -0.15) is 0 Å². The molecule has 3 nitrogen and oxygen atoms in total. The van der Waals surface area contributed by atoms with Crippen LogP contribution in [-0.2, 0) is 4.79 Å². The van der Waals surface area contributed by atoms with Gasteiger partial charge in [0.15, 0.2) is 0 Å². The normalized spacial score (nSPS) is 10.5. The molecule has 0 heterocycles. The minimum atomic E-state index is -1.07. The molecule has 0 atom stereocenters. The third kappa shape index (κ3) is 3.93. The van der Waals surface area contributed by atoms with E-state index in [1.807, 2.05) is 0 Å². The molecule has 0 aliphatic rings. The van der Waals surface area contributed by atoms with Crippen LogP contribution in [-0.4, -0.2) is 37.6 Å². The van der Waals surface area contributed by atoms with Gasteiger partial charge >= 0.3 is 0 Å². The standard InChI is InChI=1S/C7H11NO2/c1-4-5-8(2,3)6-7(9)10/h1H,5-6H2,2-3H3. The zero-order valence-electron chi connectivity index (χ0n) is 6.26. The summed E-state index contributed by atoms with van der Waals surface area (Å²) < 4.78 is 0.277. The molecule has 0 aliphatic heterocycles. The molecule has 0 N–H and O–H groups in total. The van der Waals surface area contributed by atoms with Crippen molar-refractivity contribution in [2.75, 3.05) is 27.2 Å². The van der Waals surface area contributed by atoms with E-state index in [9.17, 15) is 9.90 Å². The van der Waals surface area contributed by atoms with Crippen LogP contribution in [0.15, 0.2) is 0 Å². The van der Waals surface area contributed by atoms with Crippen LogP contribution in [0.5, 0.6) is 0 Å². The molecular formula is C7H11NO2. The SMILES string of the molecule is C#CC[N+](C)(C)CC(=O)[O-]. The van der Waals surface area contributed by atoms with Crippen LogP contribution in [0.2, 0.25) is 0 Å². The molecule has 0 radical (unpaired) electrons. The predicted octanol–water partition coefficient (Wildman–Crippen LogP) is -1.55. The van der Waals surface area contributed by atoms with E-state index in [0.717, 1.165) is 0 Å². The van der Waals surface area contributed by atoms with E-state index in [4.69, 9.17) is 6.42 Å². The monoisotopic (exact) mass is 141 g/mol. The van der Waals surface area contributed by atoms with E-state index in [1.54, 1.807) is 14.1 Å². The number of rotatable bonds is 3. The summed E-state index contributed by atoms with van der Waals surface area (Å²) in [6.45, 7) is 0.373. The average Bonchev–Trinajstić information content (AvgIpc) is 1.59. The van der Waals surface area contributed by atoms with Crippen molar-refractivity contribution in [2.24, 2.45) is 0 Å². The molecule has 56 valence electrons. The van der Waals surface area contributed by atoms with E-state index < -0.39 is 5.97 Å². The molecule has 10 heavy (non-hydrogen) atoms. The Morgan fingerprint density at radius 3 is 2.50 bits per heavy atom. The lowest BCUT2D eigenvalue weighted by atomic mass is 10.4. The summed E-state index contributed by atoms with van der Waals surface area (Å²) in [5.74, 6) is 1.33. The Balaban J connectivity index is 3.89. The molecule has 3 heteroatoms. The number of quaternary nitrogens is 1. The lowest BCUT2D eigenvalue weighted by Gasteiger charge is -2.27. The highest BCUT2D eigenvalue weighted by atomic mass is 16.4. The Morgan fingerprint density at radius 2 is 2.20 bits per heavy atom. The fourth-order valence-electron chi connectivity index (χ4n) is 0.653. The molecule has 0 saturated heterocycles. The largest absolute Gasteiger partial charge is 0.544 e. The van der Waals surface area contributed by atoms with E-state index >= 15 is 0 Å². The van der Waals surface area contributed by atoms with Crippen LogP contribution >= 0.6 is 0 Å². The first-order chi connectivity index (χ1) is 4.48. The lowest BCUT2D eigenvalue weighted by molar-refractivity contribution is -0.877. The van der Waals surface area contributed by atoms with Gasteiger partial charge in [0, 0.05) is 0 Å². The number of likely N-dealkylation sites (N-methyl/N-ethyl adjacent to an activating group) is 1. The van der Waals surface area contributed by atoms with Crippen molar-refractivity contribution in [1.82, 2.24) is 0 Å². The molecule has 0 bridgehead atoms. The van der Waals surface area contributed by atoms with Gasteiger partial charge in [-0.1, -0.05) is 0 Å². The van der Waals surface area contributed by atoms with Gasteiger partial charge in [0.1, 0.15) is 13.1 Å². The molecule has 0 aliphatic carbocycles. The summed E-state index contributed by atoms with van der Waals surface area (Å²) in [6.07, 6.45) is 5.01. The maximum atomic E-state index is 10.1. The van der Waals surface area contributed by atoms with Crippen LogP contribution < -0.4 is 5.11 Å².